The number of anilines is 1. The minimum Gasteiger partial charge on any atom is -0.494 e. The average Bonchev–Trinajstić information content (AvgIpc) is 3.44. The van der Waals surface area contributed by atoms with Gasteiger partial charge in [-0.15, -0.1) is 0 Å². The van der Waals surface area contributed by atoms with Crippen molar-refractivity contribution >= 4 is 51.9 Å². The lowest BCUT2D eigenvalue weighted by atomic mass is 10.1. The lowest BCUT2D eigenvalue weighted by Gasteiger charge is -2.19. The number of thiocarbonyl (C=S) groups is 1. The molecule has 4 aromatic rings. The van der Waals surface area contributed by atoms with Crippen molar-refractivity contribution in [2.24, 2.45) is 0 Å². The van der Waals surface area contributed by atoms with Gasteiger partial charge in [-0.25, -0.2) is 4.39 Å². The lowest BCUT2D eigenvalue weighted by Crippen LogP contribution is -2.35. The van der Waals surface area contributed by atoms with Crippen molar-refractivity contribution in [3.63, 3.8) is 0 Å². The van der Waals surface area contributed by atoms with E-state index in [1.54, 1.807) is 42.5 Å². The number of aromatic nitrogens is 1. The summed E-state index contributed by atoms with van der Waals surface area (Å²) < 4.78 is 26.1. The van der Waals surface area contributed by atoms with Crippen LogP contribution in [-0.4, -0.2) is 46.7 Å². The quantitative estimate of drug-likeness (QED) is 0.141. The van der Waals surface area contributed by atoms with Crippen LogP contribution in [-0.2, 0) is 27.3 Å². The maximum Gasteiger partial charge on any atom is 0.325 e. The second kappa shape index (κ2) is 11.9. The minimum atomic E-state index is -0.522. The molecular weight excluding hydrogens is 541 g/mol. The number of hydrogen-bond acceptors (Lipinski definition) is 5. The number of aryl methyl sites for hydroxylation is 1. The van der Waals surface area contributed by atoms with Crippen molar-refractivity contribution in [1.82, 2.24) is 9.47 Å². The van der Waals surface area contributed by atoms with Crippen LogP contribution in [0.5, 0.6) is 5.75 Å². The summed E-state index contributed by atoms with van der Waals surface area (Å²) in [5.41, 5.74) is 4.74. The molecule has 1 amide bonds. The highest BCUT2D eigenvalue weighted by molar-refractivity contribution is 7.80. The first kappa shape index (κ1) is 28.0. The number of methoxy groups -OCH3 is 1. The molecule has 1 fully saturated rings. The van der Waals surface area contributed by atoms with E-state index in [2.05, 4.69) is 17.6 Å². The normalized spacial score (nSPS) is 14.4. The van der Waals surface area contributed by atoms with E-state index in [-0.39, 0.29) is 29.1 Å². The Morgan fingerprint density at radius 1 is 1.02 bits per heavy atom. The largest absolute Gasteiger partial charge is 0.494 e. The Morgan fingerprint density at radius 3 is 2.41 bits per heavy atom. The van der Waals surface area contributed by atoms with Crippen LogP contribution in [0.25, 0.3) is 17.0 Å². The Hall–Kier alpha value is -4.50. The first-order chi connectivity index (χ1) is 19.8. The van der Waals surface area contributed by atoms with Gasteiger partial charge in [0.1, 0.15) is 23.8 Å². The number of halogens is 1. The fourth-order valence-corrected chi connectivity index (χ4v) is 5.39. The third kappa shape index (κ3) is 5.58. The van der Waals surface area contributed by atoms with Gasteiger partial charge >= 0.3 is 5.97 Å². The molecule has 1 aromatic heterocycles. The van der Waals surface area contributed by atoms with Crippen molar-refractivity contribution in [3.05, 3.63) is 101 Å². The number of rotatable bonds is 9. The molecule has 210 valence electrons. The van der Waals surface area contributed by atoms with E-state index in [1.807, 2.05) is 25.3 Å². The highest BCUT2D eigenvalue weighted by Gasteiger charge is 2.40. The summed E-state index contributed by atoms with van der Waals surface area (Å²) in [7, 11) is 1.30. The first-order valence-electron chi connectivity index (χ1n) is 13.4. The van der Waals surface area contributed by atoms with Gasteiger partial charge in [-0.05, 0) is 79.2 Å². The van der Waals surface area contributed by atoms with Gasteiger partial charge in [-0.3, -0.25) is 14.5 Å². The number of esters is 1. The lowest BCUT2D eigenvalue weighted by molar-refractivity contribution is -0.140. The highest BCUT2D eigenvalue weighted by atomic mass is 32.1. The van der Waals surface area contributed by atoms with Crippen LogP contribution in [0.15, 0.2) is 78.6 Å². The summed E-state index contributed by atoms with van der Waals surface area (Å²) in [5.74, 6) is -0.485. The first-order valence-corrected chi connectivity index (χ1v) is 13.8. The summed E-state index contributed by atoms with van der Waals surface area (Å²) >= 11 is 5.72. The summed E-state index contributed by atoms with van der Waals surface area (Å²) in [6.07, 6.45) is 4.56. The Kier molecular flexibility index (Phi) is 8.16. The van der Waals surface area contributed by atoms with Crippen molar-refractivity contribution in [2.75, 3.05) is 25.2 Å². The number of benzene rings is 3. The van der Waals surface area contributed by atoms with E-state index in [4.69, 9.17) is 21.7 Å². The van der Waals surface area contributed by atoms with Gasteiger partial charge in [0.2, 0.25) is 0 Å². The minimum absolute atomic E-state index is 0.181. The Bertz CT molecular complexity index is 1640. The third-order valence-corrected chi connectivity index (χ3v) is 7.41. The molecule has 0 saturated carbocycles. The number of hydrogen-bond donors (Lipinski definition) is 0. The average molecular weight is 572 g/mol. The van der Waals surface area contributed by atoms with Gasteiger partial charge in [0.05, 0.1) is 24.9 Å². The molecular formula is C32H30FN3O4S. The van der Waals surface area contributed by atoms with Gasteiger partial charge in [-0.2, -0.15) is 0 Å². The van der Waals surface area contributed by atoms with Gasteiger partial charge in [0.25, 0.3) is 5.91 Å². The van der Waals surface area contributed by atoms with Gasteiger partial charge in [0, 0.05) is 23.7 Å². The molecule has 5 rings (SSSR count). The van der Waals surface area contributed by atoms with E-state index < -0.39 is 5.97 Å². The number of ether oxygens (including phenoxy) is 2. The van der Waals surface area contributed by atoms with Crippen molar-refractivity contribution < 1.29 is 23.5 Å². The molecule has 9 heteroatoms. The Balaban J connectivity index is 1.61. The van der Waals surface area contributed by atoms with E-state index in [0.29, 0.717) is 24.6 Å². The summed E-state index contributed by atoms with van der Waals surface area (Å²) in [6, 6.07) is 19.6. The molecule has 0 spiro atoms. The second-order valence-corrected chi connectivity index (χ2v) is 9.91. The van der Waals surface area contributed by atoms with Gasteiger partial charge in [-0.1, -0.05) is 37.3 Å². The Labute approximate surface area is 243 Å². The van der Waals surface area contributed by atoms with Crippen LogP contribution >= 0.6 is 12.2 Å². The van der Waals surface area contributed by atoms with Gasteiger partial charge < -0.3 is 18.9 Å². The molecule has 3 aromatic carbocycles. The van der Waals surface area contributed by atoms with Crippen LogP contribution in [0.2, 0.25) is 0 Å². The molecule has 1 saturated heterocycles. The van der Waals surface area contributed by atoms with Crippen LogP contribution in [0.1, 0.15) is 30.5 Å². The molecule has 1 aliphatic heterocycles. The SMILES string of the molecule is CCOc1ccc(N2C(=O)/C(=C/c3cn(Cc4ccc(F)cc4)c4c(CC)cccc34)N(CC(=O)OC)C2=S)cc1. The predicted molar refractivity (Wildman–Crippen MR) is 161 cm³/mol. The van der Waals surface area contributed by atoms with Crippen LogP contribution in [0.4, 0.5) is 10.1 Å². The fraction of sp³-hybridized carbons (Fsp3) is 0.219. The zero-order chi connectivity index (χ0) is 29.1. The van der Waals surface area contributed by atoms with Crippen molar-refractivity contribution in [2.45, 2.75) is 26.8 Å². The zero-order valence-electron chi connectivity index (χ0n) is 23.1. The molecule has 0 bridgehead atoms. The number of para-hydroxylation sites is 1. The highest BCUT2D eigenvalue weighted by Crippen LogP contribution is 2.33. The van der Waals surface area contributed by atoms with Crippen LogP contribution < -0.4 is 9.64 Å². The summed E-state index contributed by atoms with van der Waals surface area (Å²) in [4.78, 5) is 29.2. The maximum atomic E-state index is 13.9. The van der Waals surface area contributed by atoms with Crippen molar-refractivity contribution in [1.29, 1.82) is 0 Å². The predicted octanol–water partition coefficient (Wildman–Crippen LogP) is 5.94. The third-order valence-electron chi connectivity index (χ3n) is 7.01. The molecule has 41 heavy (non-hydrogen) atoms. The molecule has 0 aliphatic carbocycles. The topological polar surface area (TPSA) is 64.0 Å². The number of fused-ring (bicyclic) bond motifs is 1. The maximum absolute atomic E-state index is 13.9. The van der Waals surface area contributed by atoms with E-state index in [0.717, 1.165) is 34.0 Å². The fourth-order valence-electron chi connectivity index (χ4n) is 5.04. The molecule has 0 N–H and O–H groups in total. The molecule has 2 heterocycles. The number of nitrogens with zero attached hydrogens (tertiary/aromatic N) is 3. The van der Waals surface area contributed by atoms with Crippen LogP contribution in [0.3, 0.4) is 0 Å². The second-order valence-electron chi connectivity index (χ2n) is 9.55. The number of amides is 1. The smallest absolute Gasteiger partial charge is 0.325 e. The molecule has 0 unspecified atom stereocenters. The summed E-state index contributed by atoms with van der Waals surface area (Å²) in [5, 5.41) is 1.13. The molecule has 0 atom stereocenters. The van der Waals surface area contributed by atoms with E-state index in [1.165, 1.54) is 29.0 Å². The standard InChI is InChI=1S/C32H30FN3O4S/c1-4-22-7-6-8-27-23(19-34(30(22)27)18-21-9-11-24(33)12-10-21)17-28-31(38)36(32(41)35(28)20-29(37)39-3)25-13-15-26(16-14-25)40-5-2/h6-17,19H,4-5,18,20H2,1-3H3/b28-17-. The summed E-state index contributed by atoms with van der Waals surface area (Å²) in [6.45, 7) is 4.82. The molecule has 7 nitrogen and oxygen atoms in total. The monoisotopic (exact) mass is 571 g/mol. The Morgan fingerprint density at radius 2 is 1.76 bits per heavy atom. The molecule has 1 aliphatic rings. The van der Waals surface area contributed by atoms with Crippen LogP contribution in [0, 0.1) is 5.82 Å². The number of carbonyl (C=O) groups is 2. The number of carbonyl (C=O) groups excluding carboxylic acids is 2. The molecule has 0 radical (unpaired) electrons. The van der Waals surface area contributed by atoms with Gasteiger partial charge in [0.15, 0.2) is 5.11 Å². The van der Waals surface area contributed by atoms with Crippen molar-refractivity contribution in [3.8, 4) is 5.75 Å². The van der Waals surface area contributed by atoms with E-state index >= 15 is 0 Å². The zero-order valence-corrected chi connectivity index (χ0v) is 23.9. The van der Waals surface area contributed by atoms with E-state index in [9.17, 15) is 14.0 Å².